The van der Waals surface area contributed by atoms with Crippen molar-refractivity contribution in [3.8, 4) is 0 Å². The standard InChI is InChI=1S/C20H32N4O3S/c1-3-21-9-11-23(12-10-21)20(25)18(2)22-13-15-24(16-14-22)28(26,27)17-19-7-5-4-6-8-19/h4-8,18H,3,9-17H2,1-2H3. The highest BCUT2D eigenvalue weighted by molar-refractivity contribution is 7.88. The quantitative estimate of drug-likeness (QED) is 0.693. The Bertz CT molecular complexity index is 740. The first kappa shape index (κ1) is 21.2. The van der Waals surface area contributed by atoms with E-state index in [9.17, 15) is 13.2 Å². The first-order valence-electron chi connectivity index (χ1n) is 10.2. The molecule has 1 aromatic rings. The topological polar surface area (TPSA) is 64.2 Å². The molecule has 2 fully saturated rings. The van der Waals surface area contributed by atoms with Crippen molar-refractivity contribution in [2.45, 2.75) is 25.6 Å². The molecule has 2 saturated heterocycles. The number of amides is 1. The molecule has 2 aliphatic heterocycles. The lowest BCUT2D eigenvalue weighted by atomic mass is 10.2. The zero-order valence-electron chi connectivity index (χ0n) is 17.0. The molecule has 0 spiro atoms. The summed E-state index contributed by atoms with van der Waals surface area (Å²) in [7, 11) is -3.33. The first-order valence-corrected chi connectivity index (χ1v) is 11.8. The molecule has 1 aromatic carbocycles. The van der Waals surface area contributed by atoms with Crippen molar-refractivity contribution in [1.29, 1.82) is 0 Å². The van der Waals surface area contributed by atoms with Crippen LogP contribution in [0.2, 0.25) is 0 Å². The minimum atomic E-state index is -3.33. The smallest absolute Gasteiger partial charge is 0.239 e. The summed E-state index contributed by atoms with van der Waals surface area (Å²) in [5, 5.41) is 0. The average molecular weight is 409 g/mol. The van der Waals surface area contributed by atoms with E-state index in [0.717, 1.165) is 38.3 Å². The van der Waals surface area contributed by atoms with Crippen LogP contribution in [0.1, 0.15) is 19.4 Å². The Hall–Kier alpha value is -1.48. The third kappa shape index (κ3) is 5.11. The molecule has 0 saturated carbocycles. The number of carbonyl (C=O) groups excluding carboxylic acids is 1. The van der Waals surface area contributed by atoms with E-state index >= 15 is 0 Å². The van der Waals surface area contributed by atoms with Crippen molar-refractivity contribution >= 4 is 15.9 Å². The predicted octanol–water partition coefficient (Wildman–Crippen LogP) is 0.687. The molecule has 1 unspecified atom stereocenters. The number of hydrogen-bond acceptors (Lipinski definition) is 5. The zero-order chi connectivity index (χ0) is 20.1. The molecule has 2 aliphatic rings. The third-order valence-corrected chi connectivity index (χ3v) is 7.74. The molecule has 0 aromatic heterocycles. The summed E-state index contributed by atoms with van der Waals surface area (Å²) in [5.41, 5.74) is 0.805. The van der Waals surface area contributed by atoms with Crippen LogP contribution in [0.3, 0.4) is 0 Å². The van der Waals surface area contributed by atoms with Gasteiger partial charge in [0, 0.05) is 52.4 Å². The van der Waals surface area contributed by atoms with Crippen LogP contribution in [0.5, 0.6) is 0 Å². The summed E-state index contributed by atoms with van der Waals surface area (Å²) in [4.78, 5) is 19.3. The molecule has 1 amide bonds. The Morgan fingerprint density at radius 1 is 0.964 bits per heavy atom. The molecule has 3 rings (SSSR count). The van der Waals surface area contributed by atoms with Crippen molar-refractivity contribution in [1.82, 2.24) is 19.0 Å². The average Bonchev–Trinajstić information content (AvgIpc) is 2.73. The highest BCUT2D eigenvalue weighted by atomic mass is 32.2. The highest BCUT2D eigenvalue weighted by Crippen LogP contribution is 2.16. The molecule has 1 atom stereocenters. The molecular formula is C20H32N4O3S. The molecule has 28 heavy (non-hydrogen) atoms. The van der Waals surface area contributed by atoms with Gasteiger partial charge in [0.2, 0.25) is 15.9 Å². The van der Waals surface area contributed by atoms with Crippen molar-refractivity contribution in [3.63, 3.8) is 0 Å². The highest BCUT2D eigenvalue weighted by Gasteiger charge is 2.33. The van der Waals surface area contributed by atoms with Crippen molar-refractivity contribution in [3.05, 3.63) is 35.9 Å². The number of nitrogens with zero attached hydrogens (tertiary/aromatic N) is 4. The van der Waals surface area contributed by atoms with Crippen LogP contribution in [0, 0.1) is 0 Å². The van der Waals surface area contributed by atoms with E-state index in [2.05, 4.69) is 16.7 Å². The van der Waals surface area contributed by atoms with Gasteiger partial charge < -0.3 is 9.80 Å². The van der Waals surface area contributed by atoms with Gasteiger partial charge in [0.05, 0.1) is 11.8 Å². The second-order valence-electron chi connectivity index (χ2n) is 7.61. The minimum Gasteiger partial charge on any atom is -0.339 e. The summed E-state index contributed by atoms with van der Waals surface area (Å²) in [5.74, 6) is 0.195. The van der Waals surface area contributed by atoms with Crippen LogP contribution in [0.25, 0.3) is 0 Å². The molecule has 0 N–H and O–H groups in total. The Morgan fingerprint density at radius 3 is 2.14 bits per heavy atom. The van der Waals surface area contributed by atoms with Gasteiger partial charge in [-0.1, -0.05) is 37.3 Å². The number of likely N-dealkylation sites (N-methyl/N-ethyl adjacent to an activating group) is 1. The van der Waals surface area contributed by atoms with E-state index in [1.165, 1.54) is 0 Å². The van der Waals surface area contributed by atoms with Gasteiger partial charge in [-0.2, -0.15) is 4.31 Å². The Balaban J connectivity index is 1.51. The van der Waals surface area contributed by atoms with Gasteiger partial charge in [-0.25, -0.2) is 8.42 Å². The summed E-state index contributed by atoms with van der Waals surface area (Å²) in [6.07, 6.45) is 0. The minimum absolute atomic E-state index is 0.0318. The van der Waals surface area contributed by atoms with Gasteiger partial charge in [0.1, 0.15) is 0 Å². The van der Waals surface area contributed by atoms with E-state index in [4.69, 9.17) is 0 Å². The Kier molecular flexibility index (Phi) is 7.09. The van der Waals surface area contributed by atoms with Gasteiger partial charge in [0.15, 0.2) is 0 Å². The Morgan fingerprint density at radius 2 is 1.57 bits per heavy atom. The number of hydrogen-bond donors (Lipinski definition) is 0. The van der Waals surface area contributed by atoms with E-state index in [1.54, 1.807) is 4.31 Å². The van der Waals surface area contributed by atoms with Gasteiger partial charge in [-0.15, -0.1) is 0 Å². The normalized spacial score (nSPS) is 21.6. The maximum atomic E-state index is 12.8. The van der Waals surface area contributed by atoms with E-state index in [-0.39, 0.29) is 17.7 Å². The van der Waals surface area contributed by atoms with Gasteiger partial charge in [-0.05, 0) is 19.0 Å². The molecule has 156 valence electrons. The predicted molar refractivity (Wildman–Crippen MR) is 110 cm³/mol. The molecular weight excluding hydrogens is 376 g/mol. The van der Waals surface area contributed by atoms with Crippen molar-refractivity contribution in [2.24, 2.45) is 0 Å². The maximum absolute atomic E-state index is 12.8. The fraction of sp³-hybridized carbons (Fsp3) is 0.650. The zero-order valence-corrected chi connectivity index (χ0v) is 17.8. The molecule has 0 radical (unpaired) electrons. The van der Waals surface area contributed by atoms with Crippen LogP contribution in [0.15, 0.2) is 30.3 Å². The maximum Gasteiger partial charge on any atom is 0.239 e. The van der Waals surface area contributed by atoms with Crippen LogP contribution < -0.4 is 0 Å². The summed E-state index contributed by atoms with van der Waals surface area (Å²) in [6.45, 7) is 10.6. The number of piperazine rings is 2. The van der Waals surface area contributed by atoms with E-state index in [0.29, 0.717) is 26.2 Å². The van der Waals surface area contributed by atoms with Crippen LogP contribution in [-0.4, -0.2) is 98.3 Å². The second-order valence-corrected chi connectivity index (χ2v) is 9.58. The van der Waals surface area contributed by atoms with Crippen molar-refractivity contribution in [2.75, 3.05) is 58.9 Å². The lowest BCUT2D eigenvalue weighted by Crippen LogP contribution is -2.58. The summed E-state index contributed by atoms with van der Waals surface area (Å²) < 4.78 is 27.0. The fourth-order valence-corrected chi connectivity index (χ4v) is 5.47. The number of sulfonamides is 1. The van der Waals surface area contributed by atoms with E-state index < -0.39 is 10.0 Å². The molecule has 2 heterocycles. The lowest BCUT2D eigenvalue weighted by Gasteiger charge is -2.40. The van der Waals surface area contributed by atoms with Crippen LogP contribution in [-0.2, 0) is 20.6 Å². The molecule has 8 heteroatoms. The Labute approximate surface area is 168 Å². The van der Waals surface area contributed by atoms with Crippen LogP contribution >= 0.6 is 0 Å². The van der Waals surface area contributed by atoms with Crippen LogP contribution in [0.4, 0.5) is 0 Å². The largest absolute Gasteiger partial charge is 0.339 e. The molecule has 0 bridgehead atoms. The second kappa shape index (κ2) is 9.35. The molecule has 7 nitrogen and oxygen atoms in total. The third-order valence-electron chi connectivity index (χ3n) is 5.89. The number of rotatable bonds is 6. The first-order chi connectivity index (χ1) is 13.4. The number of carbonyl (C=O) groups is 1. The summed E-state index contributed by atoms with van der Waals surface area (Å²) >= 11 is 0. The monoisotopic (exact) mass is 408 g/mol. The summed E-state index contributed by atoms with van der Waals surface area (Å²) in [6, 6.07) is 9.08. The number of benzene rings is 1. The molecule has 0 aliphatic carbocycles. The van der Waals surface area contributed by atoms with Gasteiger partial charge in [-0.3, -0.25) is 9.69 Å². The van der Waals surface area contributed by atoms with Gasteiger partial charge in [0.25, 0.3) is 0 Å². The van der Waals surface area contributed by atoms with E-state index in [1.807, 2.05) is 42.2 Å². The SMILES string of the molecule is CCN1CCN(C(=O)C(C)N2CCN(S(=O)(=O)Cc3ccccc3)CC2)CC1. The van der Waals surface area contributed by atoms with Gasteiger partial charge >= 0.3 is 0 Å². The van der Waals surface area contributed by atoms with Crippen molar-refractivity contribution < 1.29 is 13.2 Å². The fourth-order valence-electron chi connectivity index (χ4n) is 3.95. The lowest BCUT2D eigenvalue weighted by molar-refractivity contribution is -0.138.